The normalized spacial score (nSPS) is 26.8. The number of nitrogens with one attached hydrogen (secondary N) is 2. The predicted octanol–water partition coefficient (Wildman–Crippen LogP) is 2.16. The maximum absolute atomic E-state index is 12.9. The Kier molecular flexibility index (Phi) is 6.19. The second-order valence-corrected chi connectivity index (χ2v) is 8.46. The van der Waals surface area contributed by atoms with Crippen LogP contribution < -0.4 is 10.6 Å². The van der Waals surface area contributed by atoms with Crippen LogP contribution in [0.4, 0.5) is 4.79 Å². The summed E-state index contributed by atoms with van der Waals surface area (Å²) in [5, 5.41) is 6.89. The average Bonchev–Trinajstić information content (AvgIpc) is 3.30. The summed E-state index contributed by atoms with van der Waals surface area (Å²) in [6.45, 7) is 8.64. The molecule has 28 heavy (non-hydrogen) atoms. The van der Waals surface area contributed by atoms with Gasteiger partial charge in [-0.15, -0.1) is 0 Å². The summed E-state index contributed by atoms with van der Waals surface area (Å²) in [5.74, 6) is 0. The van der Waals surface area contributed by atoms with Crippen LogP contribution >= 0.6 is 0 Å². The van der Waals surface area contributed by atoms with E-state index in [9.17, 15) is 4.79 Å². The minimum Gasteiger partial charge on any atom is -0.374 e. The summed E-state index contributed by atoms with van der Waals surface area (Å²) < 4.78 is 5.98. The molecular weight excluding hydrogens is 352 g/mol. The molecule has 3 aliphatic rings. The van der Waals surface area contributed by atoms with E-state index in [1.54, 1.807) is 0 Å². The second-order valence-electron chi connectivity index (χ2n) is 8.46. The third-order valence-electron chi connectivity index (χ3n) is 6.79. The monoisotopic (exact) mass is 386 g/mol. The van der Waals surface area contributed by atoms with Gasteiger partial charge in [0.25, 0.3) is 0 Å². The molecule has 3 aliphatic heterocycles. The van der Waals surface area contributed by atoms with E-state index >= 15 is 0 Å². The highest BCUT2D eigenvalue weighted by Gasteiger charge is 2.40. The van der Waals surface area contributed by atoms with Gasteiger partial charge in [-0.1, -0.05) is 30.3 Å². The average molecular weight is 387 g/mol. The summed E-state index contributed by atoms with van der Waals surface area (Å²) in [5.41, 5.74) is 0.952. The standard InChI is InChI=1S/C22H34N4O2/c1-18(20-17-23-11-16-28-20)25-14-9-22(10-15-25,19-7-3-2-4-8-19)24-21(27)26-12-5-6-13-26/h2-4,7-8,18,20,23H,5-6,9-17H2,1H3,(H,24,27). The van der Waals surface area contributed by atoms with Gasteiger partial charge in [-0.3, -0.25) is 4.90 Å². The number of urea groups is 1. The molecule has 6 heteroatoms. The molecule has 2 N–H and O–H groups in total. The van der Waals surface area contributed by atoms with Gasteiger partial charge in [-0.25, -0.2) is 4.79 Å². The minimum absolute atomic E-state index is 0.0997. The molecule has 0 spiro atoms. The lowest BCUT2D eigenvalue weighted by Gasteiger charge is -2.46. The van der Waals surface area contributed by atoms with E-state index in [1.165, 1.54) is 5.56 Å². The number of hydrogen-bond acceptors (Lipinski definition) is 4. The Bertz CT molecular complexity index is 633. The summed E-state index contributed by atoms with van der Waals surface area (Å²) in [6.07, 6.45) is 4.35. The second kappa shape index (κ2) is 8.80. The highest BCUT2D eigenvalue weighted by Crippen LogP contribution is 2.34. The first-order valence-electron chi connectivity index (χ1n) is 10.9. The number of carbonyl (C=O) groups excluding carboxylic acids is 1. The van der Waals surface area contributed by atoms with Crippen LogP contribution in [0.3, 0.4) is 0 Å². The fourth-order valence-corrected chi connectivity index (χ4v) is 4.89. The number of likely N-dealkylation sites (tertiary alicyclic amines) is 2. The third-order valence-corrected chi connectivity index (χ3v) is 6.79. The number of nitrogens with zero attached hydrogens (tertiary/aromatic N) is 2. The smallest absolute Gasteiger partial charge is 0.318 e. The van der Waals surface area contributed by atoms with Crippen molar-refractivity contribution in [2.45, 2.75) is 50.3 Å². The Balaban J connectivity index is 1.46. The molecule has 0 bridgehead atoms. The van der Waals surface area contributed by atoms with E-state index in [-0.39, 0.29) is 17.7 Å². The van der Waals surface area contributed by atoms with Crippen molar-refractivity contribution in [2.24, 2.45) is 0 Å². The summed E-state index contributed by atoms with van der Waals surface area (Å²) >= 11 is 0. The molecule has 1 aromatic carbocycles. The summed E-state index contributed by atoms with van der Waals surface area (Å²) in [6, 6.07) is 11.0. The number of rotatable bonds is 4. The quantitative estimate of drug-likeness (QED) is 0.833. The number of ether oxygens (including phenoxy) is 1. The Morgan fingerprint density at radius 2 is 1.89 bits per heavy atom. The van der Waals surface area contributed by atoms with Gasteiger partial charge < -0.3 is 20.3 Å². The number of benzene rings is 1. The number of morpholine rings is 1. The van der Waals surface area contributed by atoms with Crippen LogP contribution in [-0.2, 0) is 10.3 Å². The van der Waals surface area contributed by atoms with Crippen LogP contribution in [0.1, 0.15) is 38.2 Å². The zero-order chi connectivity index (χ0) is 19.4. The van der Waals surface area contributed by atoms with E-state index < -0.39 is 0 Å². The number of carbonyl (C=O) groups is 1. The van der Waals surface area contributed by atoms with E-state index in [0.717, 1.165) is 71.6 Å². The van der Waals surface area contributed by atoms with Gasteiger partial charge in [0.2, 0.25) is 0 Å². The van der Waals surface area contributed by atoms with Crippen LogP contribution in [0.25, 0.3) is 0 Å². The van der Waals surface area contributed by atoms with Crippen molar-refractivity contribution in [1.29, 1.82) is 0 Å². The van der Waals surface area contributed by atoms with Crippen molar-refractivity contribution in [1.82, 2.24) is 20.4 Å². The lowest BCUT2D eigenvalue weighted by molar-refractivity contribution is -0.0369. The Morgan fingerprint density at radius 1 is 1.18 bits per heavy atom. The molecule has 0 radical (unpaired) electrons. The van der Waals surface area contributed by atoms with Gasteiger partial charge in [0.15, 0.2) is 0 Å². The largest absolute Gasteiger partial charge is 0.374 e. The van der Waals surface area contributed by atoms with Gasteiger partial charge in [-0.2, -0.15) is 0 Å². The molecule has 0 saturated carbocycles. The van der Waals surface area contributed by atoms with Crippen molar-refractivity contribution in [3.8, 4) is 0 Å². The number of hydrogen-bond donors (Lipinski definition) is 2. The SMILES string of the molecule is CC(C1CNCCO1)N1CCC(NC(=O)N2CCCC2)(c2ccccc2)CC1. The fraction of sp³-hybridized carbons (Fsp3) is 0.682. The van der Waals surface area contributed by atoms with Gasteiger partial charge in [0.1, 0.15) is 0 Å². The van der Waals surface area contributed by atoms with Gasteiger partial charge in [0.05, 0.1) is 18.2 Å². The molecular formula is C22H34N4O2. The lowest BCUT2D eigenvalue weighted by Crippen LogP contribution is -2.59. The van der Waals surface area contributed by atoms with E-state index in [1.807, 2.05) is 11.0 Å². The zero-order valence-electron chi connectivity index (χ0n) is 17.0. The van der Waals surface area contributed by atoms with Gasteiger partial charge in [0, 0.05) is 45.3 Å². The minimum atomic E-state index is -0.275. The van der Waals surface area contributed by atoms with Crippen LogP contribution in [0.5, 0.6) is 0 Å². The molecule has 2 unspecified atom stereocenters. The van der Waals surface area contributed by atoms with Crippen molar-refractivity contribution >= 4 is 6.03 Å². The first-order chi connectivity index (χ1) is 13.7. The third kappa shape index (κ3) is 4.19. The van der Waals surface area contributed by atoms with E-state index in [4.69, 9.17) is 4.74 Å². The Morgan fingerprint density at radius 3 is 2.54 bits per heavy atom. The van der Waals surface area contributed by atoms with Crippen LogP contribution in [0.2, 0.25) is 0 Å². The maximum Gasteiger partial charge on any atom is 0.318 e. The molecule has 3 saturated heterocycles. The first-order valence-corrected chi connectivity index (χ1v) is 10.9. The van der Waals surface area contributed by atoms with Gasteiger partial charge in [-0.05, 0) is 38.2 Å². The maximum atomic E-state index is 12.9. The van der Waals surface area contributed by atoms with E-state index in [0.29, 0.717) is 6.04 Å². The van der Waals surface area contributed by atoms with E-state index in [2.05, 4.69) is 46.7 Å². The highest BCUT2D eigenvalue weighted by atomic mass is 16.5. The van der Waals surface area contributed by atoms with Crippen molar-refractivity contribution in [3.63, 3.8) is 0 Å². The molecule has 2 atom stereocenters. The first kappa shape index (κ1) is 19.7. The molecule has 0 aliphatic carbocycles. The van der Waals surface area contributed by atoms with Crippen molar-refractivity contribution < 1.29 is 9.53 Å². The molecule has 3 fully saturated rings. The summed E-state index contributed by atoms with van der Waals surface area (Å²) in [7, 11) is 0. The van der Waals surface area contributed by atoms with Crippen LogP contribution in [0, 0.1) is 0 Å². The van der Waals surface area contributed by atoms with Gasteiger partial charge >= 0.3 is 6.03 Å². The molecule has 3 heterocycles. The number of piperidine rings is 1. The predicted molar refractivity (Wildman–Crippen MR) is 110 cm³/mol. The Hall–Kier alpha value is -1.63. The highest BCUT2D eigenvalue weighted by molar-refractivity contribution is 5.75. The van der Waals surface area contributed by atoms with Crippen molar-refractivity contribution in [3.05, 3.63) is 35.9 Å². The molecule has 6 nitrogen and oxygen atoms in total. The topological polar surface area (TPSA) is 56.8 Å². The molecule has 0 aromatic heterocycles. The van der Waals surface area contributed by atoms with Crippen LogP contribution in [0.15, 0.2) is 30.3 Å². The number of amides is 2. The molecule has 1 aromatic rings. The molecule has 4 rings (SSSR count). The van der Waals surface area contributed by atoms with Crippen molar-refractivity contribution in [2.75, 3.05) is 45.9 Å². The Labute approximate surface area is 168 Å². The summed E-state index contributed by atoms with van der Waals surface area (Å²) in [4.78, 5) is 17.4. The fourth-order valence-electron chi connectivity index (χ4n) is 4.89. The molecule has 2 amide bonds. The lowest BCUT2D eigenvalue weighted by atomic mass is 9.80. The zero-order valence-corrected chi connectivity index (χ0v) is 17.0. The van der Waals surface area contributed by atoms with Crippen LogP contribution in [-0.4, -0.2) is 73.9 Å². The molecule has 154 valence electrons.